The Morgan fingerprint density at radius 1 is 1.21 bits per heavy atom. The molecule has 0 aliphatic carbocycles. The molecule has 0 spiro atoms. The summed E-state index contributed by atoms with van der Waals surface area (Å²) in [6.07, 6.45) is -0.0657. The SMILES string of the molecule is Cc1ccc(C(CO)OC(C)C)cc1. The maximum atomic E-state index is 9.17. The van der Waals surface area contributed by atoms with Crippen LogP contribution in [0, 0.1) is 6.92 Å². The van der Waals surface area contributed by atoms with Gasteiger partial charge in [0, 0.05) is 0 Å². The number of ether oxygens (including phenoxy) is 1. The van der Waals surface area contributed by atoms with E-state index in [1.54, 1.807) is 0 Å². The minimum atomic E-state index is -0.199. The second-order valence-electron chi connectivity index (χ2n) is 3.77. The van der Waals surface area contributed by atoms with Crippen molar-refractivity contribution in [2.24, 2.45) is 0 Å². The first-order valence-corrected chi connectivity index (χ1v) is 4.96. The standard InChI is InChI=1S/C12H18O2/c1-9(2)14-12(8-13)11-6-4-10(3)5-7-11/h4-7,9,12-13H,8H2,1-3H3. The Bertz CT molecular complexity index is 264. The highest BCUT2D eigenvalue weighted by atomic mass is 16.5. The molecule has 0 saturated carbocycles. The fourth-order valence-corrected chi connectivity index (χ4v) is 1.34. The van der Waals surface area contributed by atoms with Crippen LogP contribution < -0.4 is 0 Å². The molecule has 0 heterocycles. The molecule has 1 aromatic rings. The minimum Gasteiger partial charge on any atom is -0.393 e. The number of rotatable bonds is 4. The van der Waals surface area contributed by atoms with E-state index in [1.807, 2.05) is 45.0 Å². The van der Waals surface area contributed by atoms with Crippen LogP contribution >= 0.6 is 0 Å². The van der Waals surface area contributed by atoms with E-state index in [9.17, 15) is 5.11 Å². The number of benzene rings is 1. The molecule has 0 amide bonds. The van der Waals surface area contributed by atoms with E-state index >= 15 is 0 Å². The molecule has 0 saturated heterocycles. The third-order valence-corrected chi connectivity index (χ3v) is 2.05. The molecule has 2 nitrogen and oxygen atoms in total. The Kier molecular flexibility index (Phi) is 4.11. The summed E-state index contributed by atoms with van der Waals surface area (Å²) in [7, 11) is 0. The van der Waals surface area contributed by atoms with E-state index in [0.29, 0.717) is 0 Å². The highest BCUT2D eigenvalue weighted by molar-refractivity contribution is 5.23. The normalized spacial score (nSPS) is 13.2. The molecule has 1 rings (SSSR count). The van der Waals surface area contributed by atoms with Gasteiger partial charge in [-0.05, 0) is 26.3 Å². The summed E-state index contributed by atoms with van der Waals surface area (Å²) < 4.78 is 5.58. The summed E-state index contributed by atoms with van der Waals surface area (Å²) in [5.41, 5.74) is 2.25. The number of aryl methyl sites for hydroxylation is 1. The largest absolute Gasteiger partial charge is 0.393 e. The molecular weight excluding hydrogens is 176 g/mol. The van der Waals surface area contributed by atoms with Crippen molar-refractivity contribution in [1.82, 2.24) is 0 Å². The number of hydrogen-bond donors (Lipinski definition) is 1. The van der Waals surface area contributed by atoms with Gasteiger partial charge in [0.1, 0.15) is 6.10 Å². The lowest BCUT2D eigenvalue weighted by Gasteiger charge is -2.18. The van der Waals surface area contributed by atoms with Crippen LogP contribution in [0.5, 0.6) is 0 Å². The van der Waals surface area contributed by atoms with Crippen LogP contribution in [0.15, 0.2) is 24.3 Å². The van der Waals surface area contributed by atoms with Crippen molar-refractivity contribution in [3.63, 3.8) is 0 Å². The van der Waals surface area contributed by atoms with Crippen LogP contribution in [0.2, 0.25) is 0 Å². The van der Waals surface area contributed by atoms with Crippen molar-refractivity contribution in [1.29, 1.82) is 0 Å². The summed E-state index contributed by atoms with van der Waals surface area (Å²) in [6, 6.07) is 8.06. The molecule has 0 aliphatic rings. The van der Waals surface area contributed by atoms with E-state index in [-0.39, 0.29) is 18.8 Å². The van der Waals surface area contributed by atoms with Crippen molar-refractivity contribution in [2.45, 2.75) is 33.0 Å². The molecule has 78 valence electrons. The fourth-order valence-electron chi connectivity index (χ4n) is 1.34. The molecule has 1 unspecified atom stereocenters. The summed E-state index contributed by atoms with van der Waals surface area (Å²) >= 11 is 0. The molecule has 0 radical (unpaired) electrons. The lowest BCUT2D eigenvalue weighted by Crippen LogP contribution is -2.13. The van der Waals surface area contributed by atoms with Crippen molar-refractivity contribution < 1.29 is 9.84 Å². The van der Waals surface area contributed by atoms with Crippen LogP contribution in [0.4, 0.5) is 0 Å². The van der Waals surface area contributed by atoms with Gasteiger partial charge in [-0.1, -0.05) is 29.8 Å². The zero-order valence-corrected chi connectivity index (χ0v) is 9.03. The predicted octanol–water partition coefficient (Wildman–Crippen LogP) is 2.45. The van der Waals surface area contributed by atoms with Gasteiger partial charge in [-0.3, -0.25) is 0 Å². The van der Waals surface area contributed by atoms with E-state index in [2.05, 4.69) is 0 Å². The summed E-state index contributed by atoms with van der Waals surface area (Å²) in [5.74, 6) is 0. The van der Waals surface area contributed by atoms with E-state index < -0.39 is 0 Å². The lowest BCUT2D eigenvalue weighted by atomic mass is 10.1. The molecule has 1 N–H and O–H groups in total. The topological polar surface area (TPSA) is 29.5 Å². The zero-order chi connectivity index (χ0) is 10.6. The molecule has 0 bridgehead atoms. The number of hydrogen-bond acceptors (Lipinski definition) is 2. The van der Waals surface area contributed by atoms with Gasteiger partial charge in [0.25, 0.3) is 0 Å². The highest BCUT2D eigenvalue weighted by Gasteiger charge is 2.11. The minimum absolute atomic E-state index is 0.0290. The second kappa shape index (κ2) is 5.13. The van der Waals surface area contributed by atoms with E-state index in [0.717, 1.165) is 5.56 Å². The van der Waals surface area contributed by atoms with Gasteiger partial charge in [0.05, 0.1) is 12.7 Å². The average molecular weight is 194 g/mol. The van der Waals surface area contributed by atoms with E-state index in [4.69, 9.17) is 4.74 Å². The fraction of sp³-hybridized carbons (Fsp3) is 0.500. The lowest BCUT2D eigenvalue weighted by molar-refractivity contribution is -0.0247. The molecule has 1 aromatic carbocycles. The second-order valence-corrected chi connectivity index (χ2v) is 3.77. The van der Waals surface area contributed by atoms with Gasteiger partial charge >= 0.3 is 0 Å². The predicted molar refractivity (Wildman–Crippen MR) is 57.2 cm³/mol. The molecule has 1 atom stereocenters. The molecule has 2 heteroatoms. The quantitative estimate of drug-likeness (QED) is 0.797. The first-order chi connectivity index (χ1) is 6.63. The third-order valence-electron chi connectivity index (χ3n) is 2.05. The Morgan fingerprint density at radius 2 is 1.79 bits per heavy atom. The summed E-state index contributed by atoms with van der Waals surface area (Å²) in [5, 5.41) is 9.17. The van der Waals surface area contributed by atoms with Crippen LogP contribution in [0.3, 0.4) is 0 Å². The maximum Gasteiger partial charge on any atom is 0.106 e. The number of aliphatic hydroxyl groups excluding tert-OH is 1. The van der Waals surface area contributed by atoms with Crippen molar-refractivity contribution in [3.05, 3.63) is 35.4 Å². The van der Waals surface area contributed by atoms with E-state index in [1.165, 1.54) is 5.56 Å². The molecule has 0 aliphatic heterocycles. The molecular formula is C12H18O2. The smallest absolute Gasteiger partial charge is 0.106 e. The van der Waals surface area contributed by atoms with Crippen LogP contribution in [-0.2, 0) is 4.74 Å². The van der Waals surface area contributed by atoms with Crippen molar-refractivity contribution >= 4 is 0 Å². The monoisotopic (exact) mass is 194 g/mol. The van der Waals surface area contributed by atoms with Gasteiger partial charge in [-0.25, -0.2) is 0 Å². The van der Waals surface area contributed by atoms with Crippen LogP contribution in [0.1, 0.15) is 31.1 Å². The number of aliphatic hydroxyl groups is 1. The van der Waals surface area contributed by atoms with Gasteiger partial charge in [-0.2, -0.15) is 0 Å². The van der Waals surface area contributed by atoms with Gasteiger partial charge < -0.3 is 9.84 Å². The summed E-state index contributed by atoms with van der Waals surface area (Å²) in [4.78, 5) is 0. The van der Waals surface area contributed by atoms with Crippen LogP contribution in [-0.4, -0.2) is 17.8 Å². The van der Waals surface area contributed by atoms with Gasteiger partial charge in [-0.15, -0.1) is 0 Å². The Labute approximate surface area is 85.5 Å². The third kappa shape index (κ3) is 3.13. The van der Waals surface area contributed by atoms with Gasteiger partial charge in [0.15, 0.2) is 0 Å². The average Bonchev–Trinajstić information content (AvgIpc) is 2.15. The highest BCUT2D eigenvalue weighted by Crippen LogP contribution is 2.18. The molecule has 14 heavy (non-hydrogen) atoms. The Morgan fingerprint density at radius 3 is 2.21 bits per heavy atom. The Hall–Kier alpha value is -0.860. The van der Waals surface area contributed by atoms with Crippen molar-refractivity contribution in [3.8, 4) is 0 Å². The Balaban J connectivity index is 2.73. The first kappa shape index (κ1) is 11.2. The molecule has 0 fully saturated rings. The molecule has 0 aromatic heterocycles. The van der Waals surface area contributed by atoms with Crippen molar-refractivity contribution in [2.75, 3.05) is 6.61 Å². The summed E-state index contributed by atoms with van der Waals surface area (Å²) in [6.45, 7) is 6.01. The maximum absolute atomic E-state index is 9.17. The zero-order valence-electron chi connectivity index (χ0n) is 9.03. The van der Waals surface area contributed by atoms with Crippen LogP contribution in [0.25, 0.3) is 0 Å². The van der Waals surface area contributed by atoms with Gasteiger partial charge in [0.2, 0.25) is 0 Å². The first-order valence-electron chi connectivity index (χ1n) is 4.96.